The number of carboxylic acids is 1. The molecule has 1 rings (SSSR count). The summed E-state index contributed by atoms with van der Waals surface area (Å²) < 4.78 is 0. The lowest BCUT2D eigenvalue weighted by molar-refractivity contribution is 0.0146. The molecule has 1 heterocycles. The van der Waals surface area contributed by atoms with E-state index in [9.17, 15) is 15.0 Å². The average Bonchev–Trinajstić information content (AvgIpc) is 2.28. The predicted octanol–water partition coefficient (Wildman–Crippen LogP) is 0.494. The van der Waals surface area contributed by atoms with E-state index in [2.05, 4.69) is 17.6 Å². The van der Waals surface area contributed by atoms with Gasteiger partial charge in [0.25, 0.3) is 0 Å². The molecule has 16 heavy (non-hydrogen) atoms. The number of carboxylic acid groups (broad SMARTS) is 1. The lowest BCUT2D eigenvalue weighted by Crippen LogP contribution is -2.19. The number of aliphatic hydroxyl groups is 2. The van der Waals surface area contributed by atoms with Gasteiger partial charge in [0.05, 0.1) is 17.4 Å². The molecular weight excluding hydrogens is 230 g/mol. The molecule has 0 aromatic carbocycles. The molecule has 0 aliphatic heterocycles. The maximum absolute atomic E-state index is 10.6. The molecule has 0 saturated carbocycles. The summed E-state index contributed by atoms with van der Waals surface area (Å²) in [4.78, 5) is 14.3. The van der Waals surface area contributed by atoms with Gasteiger partial charge in [-0.2, -0.15) is 12.6 Å². The third kappa shape index (κ3) is 3.19. The fourth-order valence-corrected chi connectivity index (χ4v) is 1.46. The van der Waals surface area contributed by atoms with Crippen molar-refractivity contribution in [3.63, 3.8) is 0 Å². The molecule has 0 saturated heterocycles. The second kappa shape index (κ2) is 5.83. The Morgan fingerprint density at radius 3 is 2.56 bits per heavy atom. The number of aromatic nitrogens is 1. The molecule has 0 aliphatic rings. The van der Waals surface area contributed by atoms with Crippen LogP contribution in [-0.2, 0) is 0 Å². The third-order valence-electron chi connectivity index (χ3n) is 2.13. The van der Waals surface area contributed by atoms with E-state index in [0.29, 0.717) is 12.2 Å². The van der Waals surface area contributed by atoms with Crippen LogP contribution in [0.4, 0.5) is 0 Å². The molecule has 2 atom stereocenters. The number of hydrogen-bond donors (Lipinski definition) is 4. The fraction of sp³-hybridized carbons (Fsp3) is 0.400. The molecule has 1 aromatic rings. The number of pyridine rings is 1. The van der Waals surface area contributed by atoms with Gasteiger partial charge in [-0.1, -0.05) is 0 Å². The van der Waals surface area contributed by atoms with E-state index in [1.807, 2.05) is 0 Å². The van der Waals surface area contributed by atoms with Crippen LogP contribution in [0.1, 0.15) is 28.6 Å². The zero-order valence-electron chi connectivity index (χ0n) is 8.45. The first-order valence-electron chi connectivity index (χ1n) is 4.72. The van der Waals surface area contributed by atoms with Crippen molar-refractivity contribution in [3.8, 4) is 0 Å². The zero-order valence-corrected chi connectivity index (χ0v) is 9.34. The Morgan fingerprint density at radius 2 is 2.12 bits per heavy atom. The van der Waals surface area contributed by atoms with E-state index in [0.717, 1.165) is 6.20 Å². The molecule has 6 heteroatoms. The maximum atomic E-state index is 10.6. The number of rotatable bonds is 5. The van der Waals surface area contributed by atoms with Crippen LogP contribution in [0.25, 0.3) is 0 Å². The summed E-state index contributed by atoms with van der Waals surface area (Å²) in [5.74, 6) is -0.629. The summed E-state index contributed by atoms with van der Waals surface area (Å²) in [6, 6.07) is 2.72. The van der Waals surface area contributed by atoms with E-state index in [4.69, 9.17) is 5.11 Å². The van der Waals surface area contributed by atoms with E-state index in [1.54, 1.807) is 0 Å². The molecule has 2 unspecified atom stereocenters. The van der Waals surface area contributed by atoms with E-state index in [1.165, 1.54) is 12.1 Å². The molecule has 0 amide bonds. The molecule has 3 N–H and O–H groups in total. The second-order valence-electron chi connectivity index (χ2n) is 3.30. The Balaban J connectivity index is 2.77. The summed E-state index contributed by atoms with van der Waals surface area (Å²) >= 11 is 3.94. The van der Waals surface area contributed by atoms with Gasteiger partial charge in [0, 0.05) is 6.20 Å². The van der Waals surface area contributed by atoms with Crippen LogP contribution in [0, 0.1) is 0 Å². The topological polar surface area (TPSA) is 90.7 Å². The molecule has 0 aliphatic carbocycles. The maximum Gasteiger partial charge on any atom is 0.337 e. The van der Waals surface area contributed by atoms with Gasteiger partial charge in [-0.15, -0.1) is 0 Å². The van der Waals surface area contributed by atoms with Crippen LogP contribution in [0.5, 0.6) is 0 Å². The Hall–Kier alpha value is -1.11. The first-order chi connectivity index (χ1) is 7.56. The lowest BCUT2D eigenvalue weighted by atomic mass is 10.1. The number of hydrogen-bond acceptors (Lipinski definition) is 5. The average molecular weight is 243 g/mol. The minimum atomic E-state index is -1.12. The van der Waals surface area contributed by atoms with Crippen molar-refractivity contribution in [1.29, 1.82) is 0 Å². The lowest BCUT2D eigenvalue weighted by Gasteiger charge is -2.16. The van der Waals surface area contributed by atoms with Gasteiger partial charge >= 0.3 is 5.97 Å². The van der Waals surface area contributed by atoms with Gasteiger partial charge in [-0.3, -0.25) is 4.98 Å². The van der Waals surface area contributed by atoms with E-state index >= 15 is 0 Å². The van der Waals surface area contributed by atoms with Crippen LogP contribution < -0.4 is 0 Å². The molecule has 1 aromatic heterocycles. The largest absolute Gasteiger partial charge is 0.478 e. The van der Waals surface area contributed by atoms with Crippen molar-refractivity contribution < 1.29 is 20.1 Å². The Morgan fingerprint density at radius 1 is 1.44 bits per heavy atom. The van der Waals surface area contributed by atoms with Gasteiger partial charge in [0.15, 0.2) is 0 Å². The van der Waals surface area contributed by atoms with E-state index < -0.39 is 18.2 Å². The Labute approximate surface area is 98.2 Å². The summed E-state index contributed by atoms with van der Waals surface area (Å²) in [7, 11) is 0. The van der Waals surface area contributed by atoms with Crippen molar-refractivity contribution in [3.05, 3.63) is 29.6 Å². The van der Waals surface area contributed by atoms with Gasteiger partial charge in [0.2, 0.25) is 0 Å². The standard InChI is InChI=1S/C10H13NO4S/c12-8(3-4-16)9(13)7-2-1-6(5-11-7)10(14)15/h1-2,5,8-9,12-13,16H,3-4H2,(H,14,15). The number of aliphatic hydroxyl groups excluding tert-OH is 2. The molecule has 0 fully saturated rings. The summed E-state index contributed by atoms with van der Waals surface area (Å²) in [5.41, 5.74) is 0.291. The van der Waals surface area contributed by atoms with E-state index in [-0.39, 0.29) is 11.3 Å². The SMILES string of the molecule is O=C(O)c1ccc(C(O)C(O)CCS)nc1. The first-order valence-corrected chi connectivity index (χ1v) is 5.35. The highest BCUT2D eigenvalue weighted by Gasteiger charge is 2.19. The van der Waals surface area contributed by atoms with Gasteiger partial charge in [-0.25, -0.2) is 4.79 Å². The molecule has 88 valence electrons. The first kappa shape index (κ1) is 13.0. The quantitative estimate of drug-likeness (QED) is 0.565. The summed E-state index contributed by atoms with van der Waals surface area (Å²) in [5, 5.41) is 27.8. The molecule has 0 bridgehead atoms. The van der Waals surface area contributed by atoms with Gasteiger partial charge < -0.3 is 15.3 Å². The molecular formula is C10H13NO4S. The summed E-state index contributed by atoms with van der Waals surface area (Å²) in [6.07, 6.45) is -0.573. The van der Waals surface area contributed by atoms with Crippen molar-refractivity contribution in [2.45, 2.75) is 18.6 Å². The molecule has 0 radical (unpaired) electrons. The number of nitrogens with zero attached hydrogens (tertiary/aromatic N) is 1. The highest BCUT2D eigenvalue weighted by Crippen LogP contribution is 2.17. The Kier molecular flexibility index (Phi) is 4.72. The van der Waals surface area contributed by atoms with Crippen molar-refractivity contribution >= 4 is 18.6 Å². The monoisotopic (exact) mass is 243 g/mol. The smallest absolute Gasteiger partial charge is 0.337 e. The highest BCUT2D eigenvalue weighted by atomic mass is 32.1. The predicted molar refractivity (Wildman–Crippen MR) is 60.6 cm³/mol. The Bertz CT molecular complexity index is 354. The number of aromatic carboxylic acids is 1. The second-order valence-corrected chi connectivity index (χ2v) is 3.75. The fourth-order valence-electron chi connectivity index (χ4n) is 1.19. The van der Waals surface area contributed by atoms with Crippen molar-refractivity contribution in [2.75, 3.05) is 5.75 Å². The molecule has 5 nitrogen and oxygen atoms in total. The van der Waals surface area contributed by atoms with Crippen molar-refractivity contribution in [2.24, 2.45) is 0 Å². The highest BCUT2D eigenvalue weighted by molar-refractivity contribution is 7.80. The normalized spacial score (nSPS) is 14.4. The number of thiol groups is 1. The van der Waals surface area contributed by atoms with Crippen LogP contribution >= 0.6 is 12.6 Å². The summed E-state index contributed by atoms with van der Waals surface area (Å²) in [6.45, 7) is 0. The van der Waals surface area contributed by atoms with Crippen LogP contribution in [-0.4, -0.2) is 38.1 Å². The van der Waals surface area contributed by atoms with Crippen LogP contribution in [0.3, 0.4) is 0 Å². The van der Waals surface area contributed by atoms with Gasteiger partial charge in [-0.05, 0) is 24.3 Å². The third-order valence-corrected chi connectivity index (χ3v) is 2.38. The van der Waals surface area contributed by atoms with Crippen molar-refractivity contribution in [1.82, 2.24) is 4.98 Å². The number of carbonyl (C=O) groups is 1. The molecule has 0 spiro atoms. The minimum absolute atomic E-state index is 0.0413. The van der Waals surface area contributed by atoms with Crippen LogP contribution in [0.2, 0.25) is 0 Å². The van der Waals surface area contributed by atoms with Crippen LogP contribution in [0.15, 0.2) is 18.3 Å². The van der Waals surface area contributed by atoms with Gasteiger partial charge in [0.1, 0.15) is 6.10 Å². The zero-order chi connectivity index (χ0) is 12.1. The minimum Gasteiger partial charge on any atom is -0.478 e.